The molecule has 0 unspecified atom stereocenters. The molecule has 0 saturated heterocycles. The van der Waals surface area contributed by atoms with Crippen LogP contribution < -0.4 is 0 Å². The predicted octanol–water partition coefficient (Wildman–Crippen LogP) is 3.77. The zero-order valence-electron chi connectivity index (χ0n) is 9.06. The van der Waals surface area contributed by atoms with Crippen molar-refractivity contribution < 1.29 is 4.74 Å². The molecule has 13 heavy (non-hydrogen) atoms. The van der Waals surface area contributed by atoms with Crippen molar-refractivity contribution in [3.8, 4) is 0 Å². The summed E-state index contributed by atoms with van der Waals surface area (Å²) in [5.74, 6) is 1.07. The van der Waals surface area contributed by atoms with E-state index in [9.17, 15) is 0 Å². The summed E-state index contributed by atoms with van der Waals surface area (Å²) in [5, 5.41) is 0. The maximum Gasteiger partial charge on any atom is 0.0462 e. The van der Waals surface area contributed by atoms with Gasteiger partial charge in [-0.3, -0.25) is 0 Å². The van der Waals surface area contributed by atoms with Crippen molar-refractivity contribution >= 4 is 0 Å². The van der Waals surface area contributed by atoms with Crippen molar-refractivity contribution in [2.75, 3.05) is 13.7 Å². The lowest BCUT2D eigenvalue weighted by molar-refractivity contribution is 0.190. The van der Waals surface area contributed by atoms with Crippen LogP contribution in [-0.2, 0) is 4.74 Å². The van der Waals surface area contributed by atoms with Gasteiger partial charge < -0.3 is 4.74 Å². The Morgan fingerprint density at radius 2 is 1.77 bits per heavy atom. The smallest absolute Gasteiger partial charge is 0.0462 e. The number of rotatable bonds is 6. The first kappa shape index (κ1) is 11.0. The Bertz CT molecular complexity index is 106. The quantitative estimate of drug-likeness (QED) is 0.571. The SMILES string of the molecule is COCCCCCC1CCCCC1. The monoisotopic (exact) mass is 184 g/mol. The van der Waals surface area contributed by atoms with Crippen molar-refractivity contribution in [3.63, 3.8) is 0 Å². The highest BCUT2D eigenvalue weighted by molar-refractivity contribution is 4.65. The summed E-state index contributed by atoms with van der Waals surface area (Å²) in [6.45, 7) is 0.949. The molecule has 1 fully saturated rings. The van der Waals surface area contributed by atoms with Gasteiger partial charge in [0.25, 0.3) is 0 Å². The van der Waals surface area contributed by atoms with Gasteiger partial charge in [-0.2, -0.15) is 0 Å². The lowest BCUT2D eigenvalue weighted by Gasteiger charge is -2.21. The van der Waals surface area contributed by atoms with Crippen molar-refractivity contribution in [3.05, 3.63) is 0 Å². The second-order valence-electron chi connectivity index (χ2n) is 4.35. The zero-order chi connectivity index (χ0) is 9.36. The van der Waals surface area contributed by atoms with E-state index >= 15 is 0 Å². The topological polar surface area (TPSA) is 9.23 Å². The zero-order valence-corrected chi connectivity index (χ0v) is 9.06. The van der Waals surface area contributed by atoms with Crippen LogP contribution in [0.2, 0.25) is 0 Å². The third-order valence-corrected chi connectivity index (χ3v) is 3.19. The summed E-state index contributed by atoms with van der Waals surface area (Å²) in [4.78, 5) is 0. The fourth-order valence-electron chi connectivity index (χ4n) is 2.33. The molecule has 0 amide bonds. The molecule has 1 aliphatic rings. The second kappa shape index (κ2) is 7.37. The molecule has 0 spiro atoms. The van der Waals surface area contributed by atoms with Crippen LogP contribution in [0.5, 0.6) is 0 Å². The van der Waals surface area contributed by atoms with Crippen LogP contribution in [-0.4, -0.2) is 13.7 Å². The average molecular weight is 184 g/mol. The van der Waals surface area contributed by atoms with Gasteiger partial charge in [-0.1, -0.05) is 51.4 Å². The largest absolute Gasteiger partial charge is 0.385 e. The molecule has 0 aromatic carbocycles. The van der Waals surface area contributed by atoms with E-state index in [0.29, 0.717) is 0 Å². The lowest BCUT2D eigenvalue weighted by Crippen LogP contribution is -2.05. The van der Waals surface area contributed by atoms with Gasteiger partial charge in [-0.25, -0.2) is 0 Å². The highest BCUT2D eigenvalue weighted by atomic mass is 16.5. The number of unbranched alkanes of at least 4 members (excludes halogenated alkanes) is 2. The molecule has 0 heterocycles. The molecule has 1 nitrogen and oxygen atoms in total. The van der Waals surface area contributed by atoms with E-state index in [4.69, 9.17) is 4.74 Å². The summed E-state index contributed by atoms with van der Waals surface area (Å²) < 4.78 is 5.03. The minimum absolute atomic E-state index is 0.949. The van der Waals surface area contributed by atoms with Gasteiger partial charge in [0, 0.05) is 13.7 Å². The Kier molecular flexibility index (Phi) is 6.26. The van der Waals surface area contributed by atoms with E-state index in [1.165, 1.54) is 57.8 Å². The Hall–Kier alpha value is -0.0400. The molecule has 0 aliphatic heterocycles. The maximum atomic E-state index is 5.03. The highest BCUT2D eigenvalue weighted by Gasteiger charge is 2.12. The van der Waals surface area contributed by atoms with Crippen molar-refractivity contribution in [1.82, 2.24) is 0 Å². The van der Waals surface area contributed by atoms with Gasteiger partial charge >= 0.3 is 0 Å². The second-order valence-corrected chi connectivity index (χ2v) is 4.35. The molecule has 0 radical (unpaired) electrons. The molecule has 1 saturated carbocycles. The van der Waals surface area contributed by atoms with Crippen molar-refractivity contribution in [1.29, 1.82) is 0 Å². The fraction of sp³-hybridized carbons (Fsp3) is 1.00. The highest BCUT2D eigenvalue weighted by Crippen LogP contribution is 2.27. The van der Waals surface area contributed by atoms with Crippen molar-refractivity contribution in [2.24, 2.45) is 5.92 Å². The molecule has 1 aliphatic carbocycles. The van der Waals surface area contributed by atoms with E-state index in [0.717, 1.165) is 12.5 Å². The van der Waals surface area contributed by atoms with Crippen molar-refractivity contribution in [2.45, 2.75) is 57.8 Å². The third-order valence-electron chi connectivity index (χ3n) is 3.19. The van der Waals surface area contributed by atoms with E-state index in [-0.39, 0.29) is 0 Å². The van der Waals surface area contributed by atoms with Crippen LogP contribution in [0.3, 0.4) is 0 Å². The Labute approximate surface area is 82.9 Å². The van der Waals surface area contributed by atoms with Crippen LogP contribution in [0.15, 0.2) is 0 Å². The summed E-state index contributed by atoms with van der Waals surface area (Å²) in [5.41, 5.74) is 0. The lowest BCUT2D eigenvalue weighted by atomic mass is 9.86. The molecule has 1 rings (SSSR count). The van der Waals surface area contributed by atoms with Gasteiger partial charge in [0.2, 0.25) is 0 Å². The molecule has 0 N–H and O–H groups in total. The van der Waals surface area contributed by atoms with Crippen LogP contribution in [0.4, 0.5) is 0 Å². The summed E-state index contributed by atoms with van der Waals surface area (Å²) in [7, 11) is 1.79. The summed E-state index contributed by atoms with van der Waals surface area (Å²) in [6.07, 6.45) is 13.0. The Morgan fingerprint density at radius 3 is 2.46 bits per heavy atom. The number of hydrogen-bond acceptors (Lipinski definition) is 1. The van der Waals surface area contributed by atoms with Gasteiger partial charge in [-0.15, -0.1) is 0 Å². The minimum atomic E-state index is 0.949. The molecule has 0 aromatic heterocycles. The first-order valence-corrected chi connectivity index (χ1v) is 5.92. The van der Waals surface area contributed by atoms with E-state index in [2.05, 4.69) is 0 Å². The molecular formula is C12H24O. The van der Waals surface area contributed by atoms with Gasteiger partial charge in [0.1, 0.15) is 0 Å². The van der Waals surface area contributed by atoms with Crippen LogP contribution in [0.25, 0.3) is 0 Å². The first-order valence-electron chi connectivity index (χ1n) is 5.92. The molecule has 78 valence electrons. The summed E-state index contributed by atoms with van der Waals surface area (Å²) >= 11 is 0. The number of ether oxygens (including phenoxy) is 1. The summed E-state index contributed by atoms with van der Waals surface area (Å²) in [6, 6.07) is 0. The Morgan fingerprint density at radius 1 is 1.00 bits per heavy atom. The standard InChI is InChI=1S/C12H24O/c1-13-11-7-3-6-10-12-8-4-2-5-9-12/h12H,2-11H2,1H3. The third kappa shape index (κ3) is 5.30. The number of methoxy groups -OCH3 is 1. The van der Waals surface area contributed by atoms with Crippen LogP contribution in [0.1, 0.15) is 57.8 Å². The van der Waals surface area contributed by atoms with Crippen LogP contribution in [0, 0.1) is 5.92 Å². The average Bonchev–Trinajstić information content (AvgIpc) is 2.19. The molecule has 1 heteroatoms. The minimum Gasteiger partial charge on any atom is -0.385 e. The molecule has 0 atom stereocenters. The Balaban J connectivity index is 1.86. The molecule has 0 bridgehead atoms. The van der Waals surface area contributed by atoms with E-state index in [1.54, 1.807) is 7.11 Å². The fourth-order valence-corrected chi connectivity index (χ4v) is 2.33. The van der Waals surface area contributed by atoms with Gasteiger partial charge in [0.15, 0.2) is 0 Å². The molecule has 0 aromatic rings. The van der Waals surface area contributed by atoms with Crippen LogP contribution >= 0.6 is 0 Å². The van der Waals surface area contributed by atoms with Gasteiger partial charge in [0.05, 0.1) is 0 Å². The normalized spacial score (nSPS) is 19.2. The predicted molar refractivity (Wildman–Crippen MR) is 56.9 cm³/mol. The maximum absolute atomic E-state index is 5.03. The van der Waals surface area contributed by atoms with Gasteiger partial charge in [-0.05, 0) is 12.3 Å². The van der Waals surface area contributed by atoms with E-state index in [1.807, 2.05) is 0 Å². The van der Waals surface area contributed by atoms with E-state index < -0.39 is 0 Å². The number of hydrogen-bond donors (Lipinski definition) is 0. The molecular weight excluding hydrogens is 160 g/mol. The first-order chi connectivity index (χ1) is 6.43.